The van der Waals surface area contributed by atoms with Gasteiger partial charge in [-0.3, -0.25) is 9.59 Å². The molecule has 5 nitrogen and oxygen atoms in total. The fourth-order valence-corrected chi connectivity index (χ4v) is 1.34. The highest BCUT2D eigenvalue weighted by atomic mass is 16.5. The Kier molecular flexibility index (Phi) is 5.60. The maximum Gasteiger partial charge on any atom is 0.248 e. The monoisotopic (exact) mass is 262 g/mol. The first-order valence-electron chi connectivity index (χ1n) is 5.94. The van der Waals surface area contributed by atoms with E-state index in [-0.39, 0.29) is 18.9 Å². The molecule has 0 aliphatic heterocycles. The lowest BCUT2D eigenvalue weighted by Gasteiger charge is -2.06. The molecule has 19 heavy (non-hydrogen) atoms. The Morgan fingerprint density at radius 3 is 2.42 bits per heavy atom. The van der Waals surface area contributed by atoms with E-state index in [1.54, 1.807) is 24.3 Å². The number of nitrogens with two attached hydrogens (primary N) is 1. The van der Waals surface area contributed by atoms with Gasteiger partial charge in [0.1, 0.15) is 5.75 Å². The summed E-state index contributed by atoms with van der Waals surface area (Å²) in [5.74, 6) is 0.0643. The third kappa shape index (κ3) is 6.26. The molecule has 0 aromatic heterocycles. The summed E-state index contributed by atoms with van der Waals surface area (Å²) in [7, 11) is 0. The number of carbonyl (C=O) groups is 2. The van der Waals surface area contributed by atoms with E-state index in [2.05, 4.69) is 5.32 Å². The van der Waals surface area contributed by atoms with E-state index in [4.69, 9.17) is 10.5 Å². The number of primary amides is 1. The summed E-state index contributed by atoms with van der Waals surface area (Å²) in [6.07, 6.45) is 1.70. The molecule has 0 aliphatic carbocycles. The molecule has 2 amide bonds. The quantitative estimate of drug-likeness (QED) is 0.767. The van der Waals surface area contributed by atoms with Gasteiger partial charge in [0.25, 0.3) is 0 Å². The minimum atomic E-state index is -0.398. The first-order valence-corrected chi connectivity index (χ1v) is 5.94. The maximum atomic E-state index is 11.5. The van der Waals surface area contributed by atoms with Crippen LogP contribution >= 0.6 is 0 Å². The number of carbonyl (C=O) groups excluding carboxylic acids is 2. The molecule has 0 radical (unpaired) electrons. The third-order valence-corrected chi connectivity index (χ3v) is 2.16. The van der Waals surface area contributed by atoms with E-state index in [9.17, 15) is 9.59 Å². The summed E-state index contributed by atoms with van der Waals surface area (Å²) in [5.41, 5.74) is 6.62. The molecule has 0 saturated carbocycles. The van der Waals surface area contributed by atoms with Crippen molar-refractivity contribution < 1.29 is 14.3 Å². The zero-order valence-electron chi connectivity index (χ0n) is 11.1. The van der Waals surface area contributed by atoms with Gasteiger partial charge in [0.2, 0.25) is 11.8 Å². The van der Waals surface area contributed by atoms with Gasteiger partial charge in [-0.25, -0.2) is 0 Å². The SMILES string of the molecule is CC(C)=CC(=O)Nc1ccc(OCCC(N)=O)cc1. The van der Waals surface area contributed by atoms with Crippen LogP contribution in [0.2, 0.25) is 0 Å². The molecule has 1 aromatic carbocycles. The van der Waals surface area contributed by atoms with Crippen LogP contribution < -0.4 is 15.8 Å². The number of hydrogen-bond acceptors (Lipinski definition) is 3. The highest BCUT2D eigenvalue weighted by Crippen LogP contribution is 2.15. The highest BCUT2D eigenvalue weighted by Gasteiger charge is 2.00. The average molecular weight is 262 g/mol. The zero-order valence-corrected chi connectivity index (χ0v) is 11.1. The number of amides is 2. The molecule has 0 atom stereocenters. The Balaban J connectivity index is 2.49. The summed E-state index contributed by atoms with van der Waals surface area (Å²) in [6, 6.07) is 6.91. The standard InChI is InChI=1S/C14H18N2O3/c1-10(2)9-14(18)16-11-3-5-12(6-4-11)19-8-7-13(15)17/h3-6,9H,7-8H2,1-2H3,(H2,15,17)(H,16,18). The van der Waals surface area contributed by atoms with E-state index >= 15 is 0 Å². The molecule has 3 N–H and O–H groups in total. The van der Waals surface area contributed by atoms with Gasteiger partial charge in [0.05, 0.1) is 13.0 Å². The molecule has 1 aromatic rings. The van der Waals surface area contributed by atoms with Gasteiger partial charge < -0.3 is 15.8 Å². The van der Waals surface area contributed by atoms with Crippen molar-refractivity contribution in [1.29, 1.82) is 0 Å². The van der Waals surface area contributed by atoms with E-state index in [1.165, 1.54) is 6.08 Å². The van der Waals surface area contributed by atoms with Crippen LogP contribution in [0, 0.1) is 0 Å². The number of benzene rings is 1. The lowest BCUT2D eigenvalue weighted by atomic mass is 10.2. The van der Waals surface area contributed by atoms with Crippen molar-refractivity contribution in [2.24, 2.45) is 5.73 Å². The number of rotatable bonds is 6. The van der Waals surface area contributed by atoms with Gasteiger partial charge in [-0.1, -0.05) is 5.57 Å². The highest BCUT2D eigenvalue weighted by molar-refractivity contribution is 5.99. The van der Waals surface area contributed by atoms with Crippen LogP contribution in [0.5, 0.6) is 5.75 Å². The number of hydrogen-bond donors (Lipinski definition) is 2. The Hall–Kier alpha value is -2.30. The molecular weight excluding hydrogens is 244 g/mol. The molecule has 102 valence electrons. The van der Waals surface area contributed by atoms with Crippen LogP contribution in [0.3, 0.4) is 0 Å². The van der Waals surface area contributed by atoms with E-state index in [1.807, 2.05) is 13.8 Å². The predicted octanol–water partition coefficient (Wildman–Crippen LogP) is 1.85. The van der Waals surface area contributed by atoms with Crippen molar-refractivity contribution >= 4 is 17.5 Å². The van der Waals surface area contributed by atoms with Gasteiger partial charge in [0.15, 0.2) is 0 Å². The molecule has 0 heterocycles. The third-order valence-electron chi connectivity index (χ3n) is 2.16. The van der Waals surface area contributed by atoms with Gasteiger partial charge in [-0.05, 0) is 38.1 Å². The van der Waals surface area contributed by atoms with Crippen molar-refractivity contribution in [3.8, 4) is 5.75 Å². The first kappa shape index (κ1) is 14.8. The molecule has 0 saturated heterocycles. The van der Waals surface area contributed by atoms with Gasteiger partial charge >= 0.3 is 0 Å². The van der Waals surface area contributed by atoms with Crippen molar-refractivity contribution in [3.05, 3.63) is 35.9 Å². The zero-order chi connectivity index (χ0) is 14.3. The van der Waals surface area contributed by atoms with Crippen LogP contribution in [0.4, 0.5) is 5.69 Å². The van der Waals surface area contributed by atoms with Gasteiger partial charge in [-0.15, -0.1) is 0 Å². The van der Waals surface area contributed by atoms with E-state index < -0.39 is 5.91 Å². The summed E-state index contributed by atoms with van der Waals surface area (Å²) < 4.78 is 5.32. The van der Waals surface area contributed by atoms with Crippen LogP contribution in [-0.2, 0) is 9.59 Å². The average Bonchev–Trinajstić information content (AvgIpc) is 2.29. The van der Waals surface area contributed by atoms with E-state index in [0.29, 0.717) is 11.4 Å². The normalized spacial score (nSPS) is 9.58. The molecule has 0 fully saturated rings. The lowest BCUT2D eigenvalue weighted by Crippen LogP contribution is -2.14. The molecular formula is C14H18N2O3. The molecule has 0 aliphatic rings. The summed E-state index contributed by atoms with van der Waals surface area (Å²) >= 11 is 0. The Morgan fingerprint density at radius 1 is 1.26 bits per heavy atom. The van der Waals surface area contributed by atoms with E-state index in [0.717, 1.165) is 5.57 Å². The number of allylic oxidation sites excluding steroid dienone is 1. The Bertz CT molecular complexity index is 474. The maximum absolute atomic E-state index is 11.5. The van der Waals surface area contributed by atoms with Crippen molar-refractivity contribution in [1.82, 2.24) is 0 Å². The van der Waals surface area contributed by atoms with Crippen LogP contribution in [0.1, 0.15) is 20.3 Å². The Labute approximate surface area is 112 Å². The fourth-order valence-electron chi connectivity index (χ4n) is 1.34. The van der Waals surface area contributed by atoms with Gasteiger partial charge in [-0.2, -0.15) is 0 Å². The number of nitrogens with one attached hydrogen (secondary N) is 1. The minimum absolute atomic E-state index is 0.164. The first-order chi connectivity index (χ1) is 8.97. The Morgan fingerprint density at radius 2 is 1.89 bits per heavy atom. The smallest absolute Gasteiger partial charge is 0.248 e. The molecule has 5 heteroatoms. The van der Waals surface area contributed by atoms with Crippen molar-refractivity contribution in [2.45, 2.75) is 20.3 Å². The van der Waals surface area contributed by atoms with Gasteiger partial charge in [0, 0.05) is 11.8 Å². The predicted molar refractivity (Wildman–Crippen MR) is 73.8 cm³/mol. The summed E-state index contributed by atoms with van der Waals surface area (Å²) in [5, 5.41) is 2.73. The second-order valence-corrected chi connectivity index (χ2v) is 4.30. The van der Waals surface area contributed by atoms with Crippen molar-refractivity contribution in [2.75, 3.05) is 11.9 Å². The topological polar surface area (TPSA) is 81.4 Å². The fraction of sp³-hybridized carbons (Fsp3) is 0.286. The van der Waals surface area contributed by atoms with Crippen molar-refractivity contribution in [3.63, 3.8) is 0 Å². The molecule has 1 rings (SSSR count). The summed E-state index contributed by atoms with van der Waals surface area (Å²) in [6.45, 7) is 3.96. The minimum Gasteiger partial charge on any atom is -0.493 e. The van der Waals surface area contributed by atoms with Crippen LogP contribution in [-0.4, -0.2) is 18.4 Å². The second-order valence-electron chi connectivity index (χ2n) is 4.30. The lowest BCUT2D eigenvalue weighted by molar-refractivity contribution is -0.118. The van der Waals surface area contributed by atoms with Crippen LogP contribution in [0.25, 0.3) is 0 Å². The largest absolute Gasteiger partial charge is 0.493 e. The molecule has 0 unspecified atom stereocenters. The number of ether oxygens (including phenoxy) is 1. The van der Waals surface area contributed by atoms with Crippen LogP contribution in [0.15, 0.2) is 35.9 Å². The second kappa shape index (κ2) is 7.20. The molecule has 0 bridgehead atoms. The number of anilines is 1. The summed E-state index contributed by atoms with van der Waals surface area (Å²) in [4.78, 5) is 22.0. The molecule has 0 spiro atoms.